The third-order valence-electron chi connectivity index (χ3n) is 3.46. The standard InChI is InChI=1S/C14H13N3O3S/c18-12(8-5-6-15-16-7-8)17-13-11(14(19)20)9-3-1-2-4-10(9)21-13/h5-7H,1-4H2,(H,17,18)(H,19,20). The van der Waals surface area contributed by atoms with Crippen molar-refractivity contribution in [2.75, 3.05) is 5.32 Å². The summed E-state index contributed by atoms with van der Waals surface area (Å²) in [5.74, 6) is -1.36. The maximum atomic E-state index is 12.1. The van der Waals surface area contributed by atoms with Gasteiger partial charge in [0.1, 0.15) is 5.00 Å². The Bertz CT molecular complexity index is 697. The fraction of sp³-hybridized carbons (Fsp3) is 0.286. The number of nitrogens with one attached hydrogen (secondary N) is 1. The van der Waals surface area contributed by atoms with Gasteiger partial charge < -0.3 is 10.4 Å². The van der Waals surface area contributed by atoms with Crippen molar-refractivity contribution < 1.29 is 14.7 Å². The first-order valence-electron chi connectivity index (χ1n) is 6.62. The lowest BCUT2D eigenvalue weighted by Crippen LogP contribution is -2.14. The van der Waals surface area contributed by atoms with Gasteiger partial charge in [-0.1, -0.05) is 0 Å². The van der Waals surface area contributed by atoms with E-state index in [2.05, 4.69) is 15.5 Å². The highest BCUT2D eigenvalue weighted by Crippen LogP contribution is 2.38. The molecule has 7 heteroatoms. The maximum Gasteiger partial charge on any atom is 0.339 e. The molecule has 0 saturated carbocycles. The van der Waals surface area contributed by atoms with Crippen LogP contribution in [0.5, 0.6) is 0 Å². The molecule has 0 aromatic carbocycles. The number of hydrogen-bond acceptors (Lipinski definition) is 5. The molecular formula is C14H13N3O3S. The summed E-state index contributed by atoms with van der Waals surface area (Å²) in [5.41, 5.74) is 1.47. The molecule has 6 nitrogen and oxygen atoms in total. The summed E-state index contributed by atoms with van der Waals surface area (Å²) in [6.45, 7) is 0. The van der Waals surface area contributed by atoms with Crippen molar-refractivity contribution >= 4 is 28.2 Å². The number of anilines is 1. The molecule has 0 spiro atoms. The molecule has 1 amide bonds. The van der Waals surface area contributed by atoms with Crippen molar-refractivity contribution in [3.05, 3.63) is 40.0 Å². The Morgan fingerprint density at radius 2 is 2.05 bits per heavy atom. The monoisotopic (exact) mass is 303 g/mol. The van der Waals surface area contributed by atoms with Crippen molar-refractivity contribution in [1.29, 1.82) is 0 Å². The third kappa shape index (κ3) is 2.64. The van der Waals surface area contributed by atoms with Crippen molar-refractivity contribution in [3.63, 3.8) is 0 Å². The van der Waals surface area contributed by atoms with Crippen LogP contribution in [-0.4, -0.2) is 27.2 Å². The second-order valence-electron chi connectivity index (χ2n) is 4.81. The molecule has 2 heterocycles. The van der Waals surface area contributed by atoms with Crippen LogP contribution in [0.25, 0.3) is 0 Å². The highest BCUT2D eigenvalue weighted by Gasteiger charge is 2.26. The SMILES string of the molecule is O=C(Nc1sc2c(c1C(=O)O)CCCC2)c1ccnnc1. The zero-order valence-corrected chi connectivity index (χ0v) is 11.9. The topological polar surface area (TPSA) is 92.2 Å². The van der Waals surface area contributed by atoms with Gasteiger partial charge in [-0.05, 0) is 37.3 Å². The Balaban J connectivity index is 1.94. The van der Waals surface area contributed by atoms with Gasteiger partial charge in [0.2, 0.25) is 0 Å². The van der Waals surface area contributed by atoms with Crippen LogP contribution in [0.3, 0.4) is 0 Å². The fourth-order valence-electron chi connectivity index (χ4n) is 2.48. The lowest BCUT2D eigenvalue weighted by Gasteiger charge is -2.10. The first-order chi connectivity index (χ1) is 10.2. The molecule has 2 aromatic heterocycles. The molecular weight excluding hydrogens is 290 g/mol. The molecule has 2 N–H and O–H groups in total. The molecule has 1 aliphatic rings. The van der Waals surface area contributed by atoms with Crippen LogP contribution in [0.1, 0.15) is 44.0 Å². The number of carboxylic acid groups (broad SMARTS) is 1. The second kappa shape index (κ2) is 5.61. The van der Waals surface area contributed by atoms with E-state index in [9.17, 15) is 14.7 Å². The first kappa shape index (κ1) is 13.7. The van der Waals surface area contributed by atoms with Gasteiger partial charge in [0.05, 0.1) is 23.5 Å². The molecule has 0 saturated heterocycles. The van der Waals surface area contributed by atoms with E-state index >= 15 is 0 Å². The fourth-order valence-corrected chi connectivity index (χ4v) is 3.76. The van der Waals surface area contributed by atoms with Crippen LogP contribution in [0.15, 0.2) is 18.5 Å². The Kier molecular flexibility index (Phi) is 3.66. The van der Waals surface area contributed by atoms with E-state index in [1.165, 1.54) is 29.8 Å². The lowest BCUT2D eigenvalue weighted by atomic mass is 9.95. The summed E-state index contributed by atoms with van der Waals surface area (Å²) in [4.78, 5) is 24.7. The molecule has 3 rings (SSSR count). The van der Waals surface area contributed by atoms with E-state index < -0.39 is 5.97 Å². The summed E-state index contributed by atoms with van der Waals surface area (Å²) in [7, 11) is 0. The van der Waals surface area contributed by atoms with Crippen LogP contribution < -0.4 is 5.32 Å². The average Bonchev–Trinajstić information content (AvgIpc) is 2.86. The Morgan fingerprint density at radius 3 is 2.76 bits per heavy atom. The quantitative estimate of drug-likeness (QED) is 0.908. The summed E-state index contributed by atoms with van der Waals surface area (Å²) in [6.07, 6.45) is 6.47. The largest absolute Gasteiger partial charge is 0.478 e. The zero-order chi connectivity index (χ0) is 14.8. The summed E-state index contributed by atoms with van der Waals surface area (Å²) >= 11 is 1.36. The number of fused-ring (bicyclic) bond motifs is 1. The number of carbonyl (C=O) groups is 2. The normalized spacial score (nSPS) is 13.5. The average molecular weight is 303 g/mol. The van der Waals surface area contributed by atoms with Crippen LogP contribution in [-0.2, 0) is 12.8 Å². The third-order valence-corrected chi connectivity index (χ3v) is 4.67. The Morgan fingerprint density at radius 1 is 1.24 bits per heavy atom. The number of carbonyl (C=O) groups excluding carboxylic acids is 1. The van der Waals surface area contributed by atoms with Crippen LogP contribution in [0.4, 0.5) is 5.00 Å². The number of nitrogens with zero attached hydrogens (tertiary/aromatic N) is 2. The predicted octanol–water partition coefficient (Wildman–Crippen LogP) is 2.37. The van der Waals surface area contributed by atoms with Gasteiger partial charge >= 0.3 is 5.97 Å². The van der Waals surface area contributed by atoms with Gasteiger partial charge in [-0.3, -0.25) is 4.79 Å². The van der Waals surface area contributed by atoms with E-state index in [4.69, 9.17) is 0 Å². The number of aromatic carboxylic acids is 1. The summed E-state index contributed by atoms with van der Waals surface area (Å²) in [6, 6.07) is 1.54. The molecule has 21 heavy (non-hydrogen) atoms. The smallest absolute Gasteiger partial charge is 0.339 e. The van der Waals surface area contributed by atoms with E-state index in [0.29, 0.717) is 10.6 Å². The number of hydrogen-bond donors (Lipinski definition) is 2. The van der Waals surface area contributed by atoms with Gasteiger partial charge in [-0.25, -0.2) is 4.79 Å². The Hall–Kier alpha value is -2.28. The summed E-state index contributed by atoms with van der Waals surface area (Å²) < 4.78 is 0. The van der Waals surface area contributed by atoms with E-state index in [-0.39, 0.29) is 11.5 Å². The first-order valence-corrected chi connectivity index (χ1v) is 7.44. The minimum atomic E-state index is -0.988. The maximum absolute atomic E-state index is 12.1. The van der Waals surface area contributed by atoms with E-state index in [0.717, 1.165) is 36.1 Å². The number of amides is 1. The van der Waals surface area contributed by atoms with E-state index in [1.807, 2.05) is 0 Å². The highest BCUT2D eigenvalue weighted by molar-refractivity contribution is 7.17. The molecule has 0 fully saturated rings. The minimum absolute atomic E-state index is 0.241. The molecule has 1 aliphatic carbocycles. The van der Waals surface area contributed by atoms with Crippen molar-refractivity contribution in [1.82, 2.24) is 10.2 Å². The number of carboxylic acids is 1. The minimum Gasteiger partial charge on any atom is -0.478 e. The number of rotatable bonds is 3. The number of aromatic nitrogens is 2. The van der Waals surface area contributed by atoms with Gasteiger partial charge in [-0.2, -0.15) is 10.2 Å². The molecule has 0 bridgehead atoms. The molecule has 0 unspecified atom stereocenters. The van der Waals surface area contributed by atoms with Gasteiger partial charge in [-0.15, -0.1) is 11.3 Å². The van der Waals surface area contributed by atoms with Crippen LogP contribution >= 0.6 is 11.3 Å². The van der Waals surface area contributed by atoms with Crippen LogP contribution in [0.2, 0.25) is 0 Å². The Labute approximate surface area is 124 Å². The van der Waals surface area contributed by atoms with Gasteiger partial charge in [0, 0.05) is 4.88 Å². The lowest BCUT2D eigenvalue weighted by molar-refractivity contribution is 0.0697. The van der Waals surface area contributed by atoms with Crippen LogP contribution in [0, 0.1) is 0 Å². The number of thiophene rings is 1. The predicted molar refractivity (Wildman–Crippen MR) is 77.9 cm³/mol. The van der Waals surface area contributed by atoms with E-state index in [1.54, 1.807) is 0 Å². The van der Waals surface area contributed by atoms with Gasteiger partial charge in [0.25, 0.3) is 5.91 Å². The summed E-state index contributed by atoms with van der Waals surface area (Å²) in [5, 5.41) is 19.8. The molecule has 0 aliphatic heterocycles. The molecule has 0 atom stereocenters. The highest BCUT2D eigenvalue weighted by atomic mass is 32.1. The van der Waals surface area contributed by atoms with Crippen molar-refractivity contribution in [2.45, 2.75) is 25.7 Å². The van der Waals surface area contributed by atoms with Gasteiger partial charge in [0.15, 0.2) is 0 Å². The zero-order valence-electron chi connectivity index (χ0n) is 11.1. The molecule has 108 valence electrons. The second-order valence-corrected chi connectivity index (χ2v) is 5.91. The molecule has 0 radical (unpaired) electrons. The van der Waals surface area contributed by atoms with Crippen molar-refractivity contribution in [2.24, 2.45) is 0 Å². The number of aryl methyl sites for hydroxylation is 1. The van der Waals surface area contributed by atoms with Crippen molar-refractivity contribution in [3.8, 4) is 0 Å². The molecule has 2 aromatic rings.